The molecule has 2 heterocycles. The van der Waals surface area contributed by atoms with Crippen molar-refractivity contribution in [2.75, 3.05) is 18.2 Å². The summed E-state index contributed by atoms with van der Waals surface area (Å²) >= 11 is 2.45. The van der Waals surface area contributed by atoms with Crippen LogP contribution in [0.25, 0.3) is 22.5 Å². The molecule has 2 aromatic heterocycles. The highest BCUT2D eigenvalue weighted by molar-refractivity contribution is 7.99. The number of ether oxygens (including phenoxy) is 1. The number of benzene rings is 2. The minimum atomic E-state index is -0.584. The zero-order chi connectivity index (χ0) is 24.2. The van der Waals surface area contributed by atoms with Crippen molar-refractivity contribution in [3.05, 3.63) is 70.9 Å². The molecule has 174 valence electrons. The van der Waals surface area contributed by atoms with E-state index in [0.717, 1.165) is 11.1 Å². The van der Waals surface area contributed by atoms with Gasteiger partial charge in [0, 0.05) is 23.6 Å². The lowest BCUT2D eigenvalue weighted by atomic mass is 10.0. The second-order valence-electron chi connectivity index (χ2n) is 7.42. The molecule has 1 N–H and O–H groups in total. The Morgan fingerprint density at radius 1 is 1.09 bits per heavy atom. The van der Waals surface area contributed by atoms with Gasteiger partial charge in [-0.05, 0) is 24.6 Å². The Kier molecular flexibility index (Phi) is 7.09. The van der Waals surface area contributed by atoms with Gasteiger partial charge in [-0.2, -0.15) is 0 Å². The van der Waals surface area contributed by atoms with Gasteiger partial charge < -0.3 is 14.6 Å². The van der Waals surface area contributed by atoms with Gasteiger partial charge in [-0.3, -0.25) is 4.79 Å². The zero-order valence-electron chi connectivity index (χ0n) is 18.7. The number of esters is 1. The highest BCUT2D eigenvalue weighted by Crippen LogP contribution is 2.36. The molecule has 4 rings (SSSR count). The third-order valence-electron chi connectivity index (χ3n) is 5.07. The number of thioether (sulfide) groups is 1. The summed E-state index contributed by atoms with van der Waals surface area (Å²) in [5.41, 5.74) is 3.54. The van der Waals surface area contributed by atoms with E-state index in [0.29, 0.717) is 27.1 Å². The SMILES string of the molecule is COC(=O)c1c(-c2ccc(F)cc2)csc1NC(=O)CSc1nnc(-c2ccc(C)cc2)n1C. The number of rotatable bonds is 7. The Morgan fingerprint density at radius 3 is 2.44 bits per heavy atom. The average molecular weight is 497 g/mol. The largest absolute Gasteiger partial charge is 0.465 e. The van der Waals surface area contributed by atoms with Crippen molar-refractivity contribution >= 4 is 40.0 Å². The van der Waals surface area contributed by atoms with Gasteiger partial charge >= 0.3 is 5.97 Å². The lowest BCUT2D eigenvalue weighted by Crippen LogP contribution is -2.16. The first-order valence-corrected chi connectivity index (χ1v) is 12.1. The number of hydrogen-bond acceptors (Lipinski definition) is 7. The number of aromatic nitrogens is 3. The molecular formula is C24H21FN4O3S2. The van der Waals surface area contributed by atoms with Gasteiger partial charge in [-0.1, -0.05) is 53.7 Å². The molecule has 7 nitrogen and oxygen atoms in total. The van der Waals surface area contributed by atoms with E-state index in [1.54, 1.807) is 17.5 Å². The Morgan fingerprint density at radius 2 is 1.76 bits per heavy atom. The number of aryl methyl sites for hydroxylation is 1. The van der Waals surface area contributed by atoms with E-state index in [1.165, 1.54) is 42.3 Å². The molecule has 4 aromatic rings. The summed E-state index contributed by atoms with van der Waals surface area (Å²) in [7, 11) is 3.12. The topological polar surface area (TPSA) is 86.1 Å². The van der Waals surface area contributed by atoms with E-state index in [-0.39, 0.29) is 23.0 Å². The first-order chi connectivity index (χ1) is 16.4. The van der Waals surface area contributed by atoms with Gasteiger partial charge in [0.05, 0.1) is 12.9 Å². The molecule has 0 spiro atoms. The fourth-order valence-corrected chi connectivity index (χ4v) is 4.97. The number of nitrogens with one attached hydrogen (secondary N) is 1. The highest BCUT2D eigenvalue weighted by Gasteiger charge is 2.23. The van der Waals surface area contributed by atoms with Crippen LogP contribution in [-0.2, 0) is 16.6 Å². The standard InChI is InChI=1S/C24H21FN4O3S2/c1-14-4-6-16(7-5-14)21-27-28-24(29(21)2)34-13-19(30)26-22-20(23(31)32-3)18(12-33-22)15-8-10-17(25)11-9-15/h4-12H,13H2,1-3H3,(H,26,30). The maximum atomic E-state index is 13.3. The number of hydrogen-bond donors (Lipinski definition) is 1. The lowest BCUT2D eigenvalue weighted by molar-refractivity contribution is -0.113. The third-order valence-corrected chi connectivity index (χ3v) is 6.98. The fourth-order valence-electron chi connectivity index (χ4n) is 3.28. The highest BCUT2D eigenvalue weighted by atomic mass is 32.2. The number of methoxy groups -OCH3 is 1. The van der Waals surface area contributed by atoms with E-state index >= 15 is 0 Å². The van der Waals surface area contributed by atoms with E-state index in [9.17, 15) is 14.0 Å². The van der Waals surface area contributed by atoms with Crippen LogP contribution in [0.15, 0.2) is 59.1 Å². The fraction of sp³-hybridized carbons (Fsp3) is 0.167. The van der Waals surface area contributed by atoms with Crippen molar-refractivity contribution in [2.45, 2.75) is 12.1 Å². The van der Waals surface area contributed by atoms with Crippen molar-refractivity contribution in [1.82, 2.24) is 14.8 Å². The van der Waals surface area contributed by atoms with Gasteiger partial charge in [0.2, 0.25) is 5.91 Å². The van der Waals surface area contributed by atoms with E-state index in [4.69, 9.17) is 4.74 Å². The molecule has 0 bridgehead atoms. The van der Waals surface area contributed by atoms with Crippen LogP contribution < -0.4 is 5.32 Å². The van der Waals surface area contributed by atoms with E-state index in [2.05, 4.69) is 15.5 Å². The number of anilines is 1. The van der Waals surface area contributed by atoms with Crippen LogP contribution in [0.1, 0.15) is 15.9 Å². The van der Waals surface area contributed by atoms with Gasteiger partial charge in [-0.15, -0.1) is 21.5 Å². The number of amides is 1. The average Bonchev–Trinajstić information content (AvgIpc) is 3.41. The van der Waals surface area contributed by atoms with E-state index in [1.807, 2.05) is 42.8 Å². The zero-order valence-corrected chi connectivity index (χ0v) is 20.3. The van der Waals surface area contributed by atoms with Crippen LogP contribution in [0.5, 0.6) is 0 Å². The monoisotopic (exact) mass is 496 g/mol. The van der Waals surface area contributed by atoms with Crippen LogP contribution in [0, 0.1) is 12.7 Å². The Labute approximate surface area is 204 Å². The maximum absolute atomic E-state index is 13.3. The van der Waals surface area contributed by atoms with Crippen molar-refractivity contribution in [2.24, 2.45) is 7.05 Å². The predicted molar refractivity (Wildman–Crippen MR) is 132 cm³/mol. The Hall–Kier alpha value is -3.50. The summed E-state index contributed by atoms with van der Waals surface area (Å²) in [5.74, 6) is -0.483. The number of halogens is 1. The van der Waals surface area contributed by atoms with Crippen LogP contribution in [0.3, 0.4) is 0 Å². The number of carbonyl (C=O) groups is 2. The minimum absolute atomic E-state index is 0.0737. The summed E-state index contributed by atoms with van der Waals surface area (Å²) in [6.45, 7) is 2.02. The molecule has 2 aromatic carbocycles. The van der Waals surface area contributed by atoms with Gasteiger partial charge in [0.1, 0.15) is 16.4 Å². The molecule has 0 atom stereocenters. The molecule has 0 saturated heterocycles. The lowest BCUT2D eigenvalue weighted by Gasteiger charge is -2.08. The van der Waals surface area contributed by atoms with Gasteiger partial charge in [-0.25, -0.2) is 9.18 Å². The minimum Gasteiger partial charge on any atom is -0.465 e. The number of nitrogens with zero attached hydrogens (tertiary/aromatic N) is 3. The molecule has 0 saturated carbocycles. The first kappa shape index (κ1) is 23.7. The molecule has 0 unspecified atom stereocenters. The molecule has 0 aliphatic heterocycles. The summed E-state index contributed by atoms with van der Waals surface area (Å²) < 4.78 is 20.1. The smallest absolute Gasteiger partial charge is 0.341 e. The number of thiophene rings is 1. The Balaban J connectivity index is 1.48. The van der Waals surface area contributed by atoms with Crippen molar-refractivity contribution in [3.8, 4) is 22.5 Å². The quantitative estimate of drug-likeness (QED) is 0.280. The molecule has 0 radical (unpaired) electrons. The first-order valence-electron chi connectivity index (χ1n) is 10.2. The van der Waals surface area contributed by atoms with Gasteiger partial charge in [0.25, 0.3) is 0 Å². The summed E-state index contributed by atoms with van der Waals surface area (Å²) in [5, 5.41) is 13.9. The maximum Gasteiger partial charge on any atom is 0.341 e. The molecule has 0 aliphatic rings. The van der Waals surface area contributed by atoms with Crippen molar-refractivity contribution in [3.63, 3.8) is 0 Å². The van der Waals surface area contributed by atoms with Crippen molar-refractivity contribution < 1.29 is 18.7 Å². The molecule has 1 amide bonds. The van der Waals surface area contributed by atoms with Crippen LogP contribution in [-0.4, -0.2) is 39.5 Å². The third kappa shape index (κ3) is 5.02. The molecule has 0 aliphatic carbocycles. The summed E-state index contributed by atoms with van der Waals surface area (Å²) in [6, 6.07) is 13.7. The summed E-state index contributed by atoms with van der Waals surface area (Å²) in [6.07, 6.45) is 0. The van der Waals surface area contributed by atoms with Crippen LogP contribution in [0.2, 0.25) is 0 Å². The van der Waals surface area contributed by atoms with E-state index < -0.39 is 5.97 Å². The predicted octanol–water partition coefficient (Wildman–Crippen LogP) is 5.18. The second kappa shape index (κ2) is 10.2. The molecule has 0 fully saturated rings. The Bertz CT molecular complexity index is 1330. The molecule has 10 heteroatoms. The second-order valence-corrected chi connectivity index (χ2v) is 9.24. The molecular weight excluding hydrogens is 475 g/mol. The number of carbonyl (C=O) groups excluding carboxylic acids is 2. The normalized spacial score (nSPS) is 10.8. The van der Waals surface area contributed by atoms with Gasteiger partial charge in [0.15, 0.2) is 11.0 Å². The van der Waals surface area contributed by atoms with Crippen LogP contribution >= 0.6 is 23.1 Å². The van der Waals surface area contributed by atoms with Crippen LogP contribution in [0.4, 0.5) is 9.39 Å². The van der Waals surface area contributed by atoms with Crippen molar-refractivity contribution in [1.29, 1.82) is 0 Å². The molecule has 34 heavy (non-hydrogen) atoms. The summed E-state index contributed by atoms with van der Waals surface area (Å²) in [4.78, 5) is 25.1.